The summed E-state index contributed by atoms with van der Waals surface area (Å²) in [4.78, 5) is 40.6. The SMILES string of the molecule is Cc1c(-c2ccccc2)oc2c(C(=O)N3CCN(c4ncnc5sccc45)CC3)cccc2c1=O. The lowest BCUT2D eigenvalue weighted by atomic mass is 10.0. The third-order valence-corrected chi connectivity index (χ3v) is 7.34. The van der Waals surface area contributed by atoms with Crippen LogP contribution in [-0.4, -0.2) is 47.0 Å². The zero-order chi connectivity index (χ0) is 23.9. The van der Waals surface area contributed by atoms with E-state index in [1.54, 1.807) is 42.8 Å². The molecule has 5 aromatic rings. The molecule has 7 nitrogen and oxygen atoms in total. The number of amides is 1. The number of aromatic nitrogens is 2. The Kier molecular flexibility index (Phi) is 5.30. The lowest BCUT2D eigenvalue weighted by Crippen LogP contribution is -2.49. The zero-order valence-electron chi connectivity index (χ0n) is 19.1. The molecule has 8 heteroatoms. The van der Waals surface area contributed by atoms with Gasteiger partial charge in [-0.1, -0.05) is 36.4 Å². The van der Waals surface area contributed by atoms with E-state index < -0.39 is 0 Å². The first-order chi connectivity index (χ1) is 17.1. The number of anilines is 1. The van der Waals surface area contributed by atoms with Crippen molar-refractivity contribution in [1.29, 1.82) is 0 Å². The Hall–Kier alpha value is -4.04. The van der Waals surface area contributed by atoms with Gasteiger partial charge in [-0.15, -0.1) is 11.3 Å². The van der Waals surface area contributed by atoms with Gasteiger partial charge in [0.1, 0.15) is 22.7 Å². The molecule has 35 heavy (non-hydrogen) atoms. The molecular formula is C27H22N4O3S. The number of hydrogen-bond donors (Lipinski definition) is 0. The van der Waals surface area contributed by atoms with Crippen LogP contribution in [0.2, 0.25) is 0 Å². The summed E-state index contributed by atoms with van der Waals surface area (Å²) in [5, 5.41) is 3.48. The van der Waals surface area contributed by atoms with Crippen LogP contribution < -0.4 is 10.3 Å². The summed E-state index contributed by atoms with van der Waals surface area (Å²) < 4.78 is 6.26. The molecule has 3 aromatic heterocycles. The molecule has 2 aromatic carbocycles. The quantitative estimate of drug-likeness (QED) is 0.370. The minimum absolute atomic E-state index is 0.117. The lowest BCUT2D eigenvalue weighted by molar-refractivity contribution is 0.0747. The number of hydrogen-bond acceptors (Lipinski definition) is 7. The van der Waals surface area contributed by atoms with Crippen molar-refractivity contribution in [3.05, 3.63) is 87.7 Å². The monoisotopic (exact) mass is 482 g/mol. The second kappa shape index (κ2) is 8.63. The maximum Gasteiger partial charge on any atom is 0.257 e. The first-order valence-electron chi connectivity index (χ1n) is 11.5. The molecule has 6 rings (SSSR count). The predicted octanol–water partition coefficient (Wildman–Crippen LogP) is 4.74. The maximum absolute atomic E-state index is 13.6. The summed E-state index contributed by atoms with van der Waals surface area (Å²) in [6, 6.07) is 16.8. The summed E-state index contributed by atoms with van der Waals surface area (Å²) >= 11 is 1.59. The van der Waals surface area contributed by atoms with Crippen LogP contribution in [0.1, 0.15) is 15.9 Å². The molecule has 4 heterocycles. The number of para-hydroxylation sites is 1. The minimum atomic E-state index is -0.135. The molecule has 0 unspecified atom stereocenters. The number of carbonyl (C=O) groups is 1. The Bertz CT molecular complexity index is 1620. The van der Waals surface area contributed by atoms with Crippen LogP contribution >= 0.6 is 11.3 Å². The smallest absolute Gasteiger partial charge is 0.257 e. The van der Waals surface area contributed by atoms with Gasteiger partial charge >= 0.3 is 0 Å². The molecule has 0 N–H and O–H groups in total. The number of fused-ring (bicyclic) bond motifs is 2. The summed E-state index contributed by atoms with van der Waals surface area (Å²) in [6.45, 7) is 4.19. The van der Waals surface area contributed by atoms with E-state index in [0.717, 1.165) is 21.6 Å². The minimum Gasteiger partial charge on any atom is -0.455 e. The van der Waals surface area contributed by atoms with Gasteiger partial charge < -0.3 is 14.2 Å². The highest BCUT2D eigenvalue weighted by Crippen LogP contribution is 2.30. The van der Waals surface area contributed by atoms with Gasteiger partial charge in [-0.2, -0.15) is 0 Å². The Morgan fingerprint density at radius 3 is 2.54 bits per heavy atom. The van der Waals surface area contributed by atoms with E-state index in [2.05, 4.69) is 14.9 Å². The van der Waals surface area contributed by atoms with Crippen LogP contribution in [-0.2, 0) is 0 Å². The highest BCUT2D eigenvalue weighted by Gasteiger charge is 2.27. The maximum atomic E-state index is 13.6. The molecule has 0 atom stereocenters. The van der Waals surface area contributed by atoms with Crippen molar-refractivity contribution >= 4 is 44.2 Å². The Morgan fingerprint density at radius 2 is 1.74 bits per heavy atom. The van der Waals surface area contributed by atoms with Crippen LogP contribution in [0.15, 0.2) is 75.5 Å². The third-order valence-electron chi connectivity index (χ3n) is 6.52. The van der Waals surface area contributed by atoms with Gasteiger partial charge in [0.15, 0.2) is 11.0 Å². The molecule has 174 valence electrons. The largest absolute Gasteiger partial charge is 0.455 e. The van der Waals surface area contributed by atoms with Crippen molar-refractivity contribution in [1.82, 2.24) is 14.9 Å². The number of rotatable bonds is 3. The third kappa shape index (κ3) is 3.66. The second-order valence-electron chi connectivity index (χ2n) is 8.55. The van der Waals surface area contributed by atoms with Crippen molar-refractivity contribution in [2.75, 3.05) is 31.1 Å². The van der Waals surface area contributed by atoms with E-state index in [4.69, 9.17) is 4.42 Å². The van der Waals surface area contributed by atoms with Gasteiger partial charge in [0.25, 0.3) is 5.91 Å². The fraction of sp³-hybridized carbons (Fsp3) is 0.185. The van der Waals surface area contributed by atoms with Gasteiger partial charge in [-0.25, -0.2) is 9.97 Å². The van der Waals surface area contributed by atoms with Gasteiger partial charge in [-0.05, 0) is 30.5 Å². The number of carbonyl (C=O) groups excluding carboxylic acids is 1. The van der Waals surface area contributed by atoms with Gasteiger partial charge in [0, 0.05) is 37.3 Å². The van der Waals surface area contributed by atoms with E-state index in [1.807, 2.05) is 46.7 Å². The lowest BCUT2D eigenvalue weighted by Gasteiger charge is -2.35. The summed E-state index contributed by atoms with van der Waals surface area (Å²) in [6.07, 6.45) is 1.59. The van der Waals surface area contributed by atoms with Crippen LogP contribution in [0.3, 0.4) is 0 Å². The van der Waals surface area contributed by atoms with Gasteiger partial charge in [0.05, 0.1) is 16.3 Å². The van der Waals surface area contributed by atoms with Crippen LogP contribution in [0.5, 0.6) is 0 Å². The van der Waals surface area contributed by atoms with E-state index >= 15 is 0 Å². The molecule has 1 aliphatic rings. The number of thiophene rings is 1. The molecule has 0 aliphatic carbocycles. The highest BCUT2D eigenvalue weighted by atomic mass is 32.1. The van der Waals surface area contributed by atoms with Crippen molar-refractivity contribution < 1.29 is 9.21 Å². The molecule has 1 amide bonds. The highest BCUT2D eigenvalue weighted by molar-refractivity contribution is 7.16. The number of piperazine rings is 1. The van der Waals surface area contributed by atoms with Gasteiger partial charge in [-0.3, -0.25) is 9.59 Å². The van der Waals surface area contributed by atoms with Crippen molar-refractivity contribution in [2.24, 2.45) is 0 Å². The predicted molar refractivity (Wildman–Crippen MR) is 138 cm³/mol. The molecule has 0 bridgehead atoms. The first-order valence-corrected chi connectivity index (χ1v) is 12.3. The Morgan fingerprint density at radius 1 is 0.943 bits per heavy atom. The second-order valence-corrected chi connectivity index (χ2v) is 9.44. The topological polar surface area (TPSA) is 79.5 Å². The molecule has 1 fully saturated rings. The van der Waals surface area contributed by atoms with Crippen molar-refractivity contribution in [3.63, 3.8) is 0 Å². The zero-order valence-corrected chi connectivity index (χ0v) is 19.9. The van der Waals surface area contributed by atoms with E-state index in [1.165, 1.54) is 0 Å². The molecular weight excluding hydrogens is 460 g/mol. The van der Waals surface area contributed by atoms with Crippen LogP contribution in [0.25, 0.3) is 32.5 Å². The average molecular weight is 483 g/mol. The first kappa shape index (κ1) is 21.5. The average Bonchev–Trinajstić information content (AvgIpc) is 3.40. The van der Waals surface area contributed by atoms with Crippen LogP contribution in [0, 0.1) is 6.92 Å². The summed E-state index contributed by atoms with van der Waals surface area (Å²) in [5.41, 5.74) is 1.97. The Labute approximate surface area is 205 Å². The van der Waals surface area contributed by atoms with E-state index in [0.29, 0.717) is 54.0 Å². The van der Waals surface area contributed by atoms with Crippen molar-refractivity contribution in [3.8, 4) is 11.3 Å². The Balaban J connectivity index is 1.32. The number of benzene rings is 2. The molecule has 1 aliphatic heterocycles. The number of nitrogens with zero attached hydrogens (tertiary/aromatic N) is 4. The fourth-order valence-corrected chi connectivity index (χ4v) is 5.39. The fourth-order valence-electron chi connectivity index (χ4n) is 4.66. The summed E-state index contributed by atoms with van der Waals surface area (Å²) in [5.74, 6) is 1.27. The molecule has 0 spiro atoms. The van der Waals surface area contributed by atoms with Gasteiger partial charge in [0.2, 0.25) is 0 Å². The van der Waals surface area contributed by atoms with E-state index in [-0.39, 0.29) is 11.3 Å². The van der Waals surface area contributed by atoms with E-state index in [9.17, 15) is 9.59 Å². The molecule has 1 saturated heterocycles. The molecule has 0 radical (unpaired) electrons. The van der Waals surface area contributed by atoms with Crippen LogP contribution in [0.4, 0.5) is 5.82 Å². The van der Waals surface area contributed by atoms with Crippen molar-refractivity contribution in [2.45, 2.75) is 6.92 Å². The normalized spacial score (nSPS) is 14.1. The summed E-state index contributed by atoms with van der Waals surface area (Å²) in [7, 11) is 0. The standard InChI is InChI=1S/C27H22N4O3S/c1-17-22(32)19-8-5-9-20(24(19)34-23(17)18-6-3-2-4-7-18)27(33)31-13-11-30(12-14-31)25-21-10-15-35-26(21)29-16-28-25/h2-10,15-16H,11-14H2,1H3. The molecule has 0 saturated carbocycles.